The molecule has 446 valence electrons. The summed E-state index contributed by atoms with van der Waals surface area (Å²) in [6, 6.07) is 0. The van der Waals surface area contributed by atoms with Crippen LogP contribution in [0.5, 0.6) is 0 Å². The molecule has 16 N–H and O–H groups in total. The molecule has 4 aliphatic heterocycles. The standard InChI is InChI=1S/C53H90O24/c1-48(2,69)12-9-13-53(8,77-47-42(68)37(63)34(60)27(19-55)74-47)22-10-15-51(6)31(22)23(56)16-29-50(5)14-11-30(76-46-41(67)38(64)35(61)28(75-46)21-71-44-39(65)32(58)24(57)20-70-44)49(3,4)43(50)25(17-52(29,51)7)72-45-40(66)36(62)33(59)26(18-54)73-45/h9,12,22-47,54-69H,10-11,13-21H2,1-8H3. The van der Waals surface area contributed by atoms with E-state index >= 15 is 0 Å². The lowest BCUT2D eigenvalue weighted by atomic mass is 9.34. The molecule has 77 heavy (non-hydrogen) atoms. The van der Waals surface area contributed by atoms with Gasteiger partial charge in [0.15, 0.2) is 25.2 Å². The Morgan fingerprint density at radius 3 is 1.70 bits per heavy atom. The summed E-state index contributed by atoms with van der Waals surface area (Å²) in [5.74, 6) is -1.77. The van der Waals surface area contributed by atoms with Crippen LogP contribution < -0.4 is 0 Å². The average molecular weight is 1110 g/mol. The SMILES string of the molecule is CC(C)(O)C=CCC(C)(OC1OC(CO)C(O)C(O)C1O)C1CCC2(C)C1C(O)CC1C3(C)CCC(OC4OC(COC5OCC(O)C(O)C5O)C(O)C(O)C4O)C(C)(C)C3C(OC3OC(CO)C(O)C(O)C3O)CC12C. The Morgan fingerprint density at radius 2 is 1.12 bits per heavy atom. The van der Waals surface area contributed by atoms with E-state index in [-0.39, 0.29) is 31.8 Å². The van der Waals surface area contributed by atoms with Gasteiger partial charge in [-0.1, -0.05) is 46.8 Å². The van der Waals surface area contributed by atoms with Crippen LogP contribution in [0.25, 0.3) is 0 Å². The molecule has 4 saturated heterocycles. The fraction of sp³-hybridized carbons (Fsp3) is 0.962. The summed E-state index contributed by atoms with van der Waals surface area (Å²) < 4.78 is 49.5. The summed E-state index contributed by atoms with van der Waals surface area (Å²) in [7, 11) is 0. The highest BCUT2D eigenvalue weighted by Gasteiger charge is 2.74. The molecular weight excluding hydrogens is 1020 g/mol. The number of fused-ring (bicyclic) bond motifs is 5. The first-order chi connectivity index (χ1) is 35.8. The van der Waals surface area contributed by atoms with Crippen molar-refractivity contribution in [3.63, 3.8) is 0 Å². The molecule has 8 aliphatic rings. The van der Waals surface area contributed by atoms with E-state index < -0.39 is 205 Å². The van der Waals surface area contributed by atoms with Crippen molar-refractivity contribution in [2.75, 3.05) is 26.4 Å². The van der Waals surface area contributed by atoms with Crippen molar-refractivity contribution in [1.29, 1.82) is 0 Å². The van der Waals surface area contributed by atoms with Gasteiger partial charge in [-0.05, 0) is 111 Å². The highest BCUT2D eigenvalue weighted by Crippen LogP contribution is 2.76. The molecule has 4 aliphatic carbocycles. The van der Waals surface area contributed by atoms with E-state index in [4.69, 9.17) is 37.9 Å². The van der Waals surface area contributed by atoms with Crippen molar-refractivity contribution in [3.8, 4) is 0 Å². The molecule has 0 aromatic carbocycles. The zero-order valence-corrected chi connectivity index (χ0v) is 45.4. The van der Waals surface area contributed by atoms with E-state index in [0.29, 0.717) is 25.7 Å². The third-order valence-corrected chi connectivity index (χ3v) is 20.3. The second-order valence-corrected chi connectivity index (χ2v) is 25.9. The second-order valence-electron chi connectivity index (χ2n) is 25.9. The summed E-state index contributed by atoms with van der Waals surface area (Å²) in [4.78, 5) is 0. The smallest absolute Gasteiger partial charge is 0.187 e. The highest BCUT2D eigenvalue weighted by atomic mass is 16.7. The van der Waals surface area contributed by atoms with E-state index in [1.165, 1.54) is 0 Å². The number of hydrogen-bond acceptors (Lipinski definition) is 24. The maximum Gasteiger partial charge on any atom is 0.187 e. The number of aliphatic hydroxyl groups excluding tert-OH is 15. The van der Waals surface area contributed by atoms with E-state index in [2.05, 4.69) is 20.8 Å². The van der Waals surface area contributed by atoms with Gasteiger partial charge in [0, 0.05) is 0 Å². The Kier molecular flexibility index (Phi) is 18.3. The van der Waals surface area contributed by atoms with Crippen LogP contribution in [-0.2, 0) is 37.9 Å². The van der Waals surface area contributed by atoms with Crippen LogP contribution in [0.1, 0.15) is 100 Å². The van der Waals surface area contributed by atoms with Crippen molar-refractivity contribution in [3.05, 3.63) is 12.2 Å². The van der Waals surface area contributed by atoms with Crippen LogP contribution in [0.4, 0.5) is 0 Å². The minimum atomic E-state index is -1.80. The fourth-order valence-electron chi connectivity index (χ4n) is 16.0. The summed E-state index contributed by atoms with van der Waals surface area (Å²) >= 11 is 0. The van der Waals surface area contributed by atoms with Crippen molar-refractivity contribution in [2.45, 2.75) is 247 Å². The molecule has 8 rings (SSSR count). The number of ether oxygens (including phenoxy) is 8. The van der Waals surface area contributed by atoms with Crippen LogP contribution in [0, 0.1) is 45.3 Å². The second kappa shape index (κ2) is 22.7. The quantitative estimate of drug-likeness (QED) is 0.0556. The molecule has 30 atom stereocenters. The van der Waals surface area contributed by atoms with E-state index in [9.17, 15) is 81.7 Å². The Morgan fingerprint density at radius 1 is 0.584 bits per heavy atom. The van der Waals surface area contributed by atoms with Crippen molar-refractivity contribution in [1.82, 2.24) is 0 Å². The van der Waals surface area contributed by atoms with Gasteiger partial charge in [0.25, 0.3) is 0 Å². The summed E-state index contributed by atoms with van der Waals surface area (Å²) in [6.45, 7) is 13.1. The molecule has 24 heteroatoms. The monoisotopic (exact) mass is 1110 g/mol. The fourth-order valence-corrected chi connectivity index (χ4v) is 16.0. The predicted octanol–water partition coefficient (Wildman–Crippen LogP) is -3.62. The van der Waals surface area contributed by atoms with Crippen molar-refractivity contribution in [2.24, 2.45) is 45.3 Å². The van der Waals surface area contributed by atoms with Crippen LogP contribution >= 0.6 is 0 Å². The Labute approximate surface area is 449 Å². The van der Waals surface area contributed by atoms with E-state index in [0.717, 1.165) is 0 Å². The average Bonchev–Trinajstić information content (AvgIpc) is 3.99. The third-order valence-electron chi connectivity index (χ3n) is 20.3. The van der Waals surface area contributed by atoms with Crippen molar-refractivity contribution < 1.29 is 120 Å². The largest absolute Gasteiger partial charge is 0.394 e. The van der Waals surface area contributed by atoms with E-state index in [1.807, 2.05) is 20.8 Å². The predicted molar refractivity (Wildman–Crippen MR) is 263 cm³/mol. The van der Waals surface area contributed by atoms with Gasteiger partial charge in [0.2, 0.25) is 0 Å². The first kappa shape index (κ1) is 61.8. The molecule has 4 heterocycles. The first-order valence-corrected chi connectivity index (χ1v) is 27.4. The minimum absolute atomic E-state index is 0.144. The van der Waals surface area contributed by atoms with Gasteiger partial charge in [-0.25, -0.2) is 0 Å². The van der Waals surface area contributed by atoms with Gasteiger partial charge in [-0.2, -0.15) is 0 Å². The molecule has 0 aromatic heterocycles. The summed E-state index contributed by atoms with van der Waals surface area (Å²) in [5, 5.41) is 174. The zero-order valence-electron chi connectivity index (χ0n) is 45.4. The maximum absolute atomic E-state index is 12.9. The van der Waals surface area contributed by atoms with Gasteiger partial charge < -0.3 is 120 Å². The number of aliphatic hydroxyl groups is 16. The summed E-state index contributed by atoms with van der Waals surface area (Å²) in [6.07, 6.45) is -26.8. The minimum Gasteiger partial charge on any atom is -0.394 e. The number of hydrogen-bond donors (Lipinski definition) is 16. The lowest BCUT2D eigenvalue weighted by Gasteiger charge is -2.72. The molecule has 0 aromatic rings. The molecule has 0 spiro atoms. The molecule has 0 amide bonds. The molecule has 8 fully saturated rings. The Bertz CT molecular complexity index is 2010. The normalized spacial score (nSPS) is 53.1. The molecule has 0 radical (unpaired) electrons. The van der Waals surface area contributed by atoms with Gasteiger partial charge in [0.1, 0.15) is 91.6 Å². The third kappa shape index (κ3) is 11.0. The van der Waals surface area contributed by atoms with Gasteiger partial charge >= 0.3 is 0 Å². The van der Waals surface area contributed by atoms with E-state index in [1.54, 1.807) is 26.0 Å². The molecular formula is C53H90O24. The first-order valence-electron chi connectivity index (χ1n) is 27.4. The van der Waals surface area contributed by atoms with Gasteiger partial charge in [-0.3, -0.25) is 0 Å². The van der Waals surface area contributed by atoms with Crippen molar-refractivity contribution >= 4 is 0 Å². The van der Waals surface area contributed by atoms with Gasteiger partial charge in [0.05, 0.1) is 55.9 Å². The molecule has 0 bridgehead atoms. The zero-order chi connectivity index (χ0) is 56.9. The lowest BCUT2D eigenvalue weighted by Crippen LogP contribution is -2.71. The topological polar surface area (TPSA) is 398 Å². The van der Waals surface area contributed by atoms with Crippen LogP contribution in [0.15, 0.2) is 12.2 Å². The molecule has 4 saturated carbocycles. The van der Waals surface area contributed by atoms with Crippen LogP contribution in [-0.4, -0.2) is 254 Å². The summed E-state index contributed by atoms with van der Waals surface area (Å²) in [5.41, 5.74) is -5.64. The Hall–Kier alpha value is -1.22. The maximum atomic E-state index is 12.9. The Balaban J connectivity index is 1.12. The lowest BCUT2D eigenvalue weighted by molar-refractivity contribution is -0.363. The van der Waals surface area contributed by atoms with Gasteiger partial charge in [-0.15, -0.1) is 0 Å². The molecule has 24 nitrogen and oxygen atoms in total. The van der Waals surface area contributed by atoms with Crippen LogP contribution in [0.2, 0.25) is 0 Å². The molecule has 30 unspecified atom stereocenters. The van der Waals surface area contributed by atoms with Crippen LogP contribution in [0.3, 0.4) is 0 Å². The highest BCUT2D eigenvalue weighted by molar-refractivity contribution is 5.23. The number of rotatable bonds is 15.